The Morgan fingerprint density at radius 2 is 2.33 bits per heavy atom. The van der Waals surface area contributed by atoms with Crippen molar-refractivity contribution < 1.29 is 9.53 Å². The minimum absolute atomic E-state index is 0.00620. The van der Waals surface area contributed by atoms with Crippen molar-refractivity contribution in [1.29, 1.82) is 0 Å². The molecule has 1 saturated heterocycles. The molecule has 3 nitrogen and oxygen atoms in total. The zero-order valence-corrected chi connectivity index (χ0v) is 10.8. The van der Waals surface area contributed by atoms with Gasteiger partial charge in [-0.2, -0.15) is 0 Å². The maximum Gasteiger partial charge on any atom is 0.261 e. The minimum Gasteiger partial charge on any atom is -0.376 e. The molecule has 1 aromatic carbocycles. The zero-order chi connectivity index (χ0) is 12.4. The number of benzene rings is 1. The number of rotatable bonds is 3. The van der Waals surface area contributed by atoms with Gasteiger partial charge in [0.1, 0.15) is 0 Å². The second kappa shape index (κ2) is 5.08. The maximum atomic E-state index is 12.0. The highest BCUT2D eigenvalue weighted by atomic mass is 32.1. The van der Waals surface area contributed by atoms with Gasteiger partial charge < -0.3 is 10.1 Å². The summed E-state index contributed by atoms with van der Waals surface area (Å²) in [6.07, 6.45) is 2.35. The second-order valence-electron chi connectivity index (χ2n) is 4.49. The van der Waals surface area contributed by atoms with Crippen molar-refractivity contribution in [1.82, 2.24) is 5.32 Å². The molecular formula is C14H15NO2S. The molecule has 2 aromatic rings. The Bertz CT molecular complexity index is 525. The van der Waals surface area contributed by atoms with Gasteiger partial charge >= 0.3 is 0 Å². The lowest BCUT2D eigenvalue weighted by Gasteiger charge is -2.09. The van der Waals surface area contributed by atoms with Crippen LogP contribution in [-0.2, 0) is 4.74 Å². The number of thiophene rings is 1. The number of hydrogen-bond donors (Lipinski definition) is 1. The highest BCUT2D eigenvalue weighted by Gasteiger charge is 2.17. The van der Waals surface area contributed by atoms with Crippen molar-refractivity contribution in [3.05, 3.63) is 35.2 Å². The molecular weight excluding hydrogens is 246 g/mol. The topological polar surface area (TPSA) is 38.3 Å². The van der Waals surface area contributed by atoms with Crippen molar-refractivity contribution in [2.24, 2.45) is 0 Å². The Morgan fingerprint density at radius 1 is 1.44 bits per heavy atom. The summed E-state index contributed by atoms with van der Waals surface area (Å²) >= 11 is 1.54. The van der Waals surface area contributed by atoms with Crippen molar-refractivity contribution in [2.45, 2.75) is 18.9 Å². The molecule has 2 heterocycles. The second-order valence-corrected chi connectivity index (χ2v) is 5.58. The van der Waals surface area contributed by atoms with Gasteiger partial charge in [-0.1, -0.05) is 18.2 Å². The number of fused-ring (bicyclic) bond motifs is 1. The summed E-state index contributed by atoms with van der Waals surface area (Å²) in [5, 5.41) is 4.08. The third-order valence-corrected chi connectivity index (χ3v) is 4.28. The van der Waals surface area contributed by atoms with Crippen LogP contribution >= 0.6 is 11.3 Å². The molecule has 0 spiro atoms. The molecule has 3 rings (SSSR count). The predicted octanol–water partition coefficient (Wildman–Crippen LogP) is 2.81. The van der Waals surface area contributed by atoms with Gasteiger partial charge in [-0.25, -0.2) is 0 Å². The van der Waals surface area contributed by atoms with E-state index in [0.717, 1.165) is 34.4 Å². The fourth-order valence-electron chi connectivity index (χ4n) is 2.19. The molecule has 0 unspecified atom stereocenters. The van der Waals surface area contributed by atoms with E-state index in [4.69, 9.17) is 4.74 Å². The predicted molar refractivity (Wildman–Crippen MR) is 73.1 cm³/mol. The van der Waals surface area contributed by atoms with Gasteiger partial charge in [-0.3, -0.25) is 4.79 Å². The summed E-state index contributed by atoms with van der Waals surface area (Å²) in [4.78, 5) is 12.8. The number of nitrogens with one attached hydrogen (secondary N) is 1. The fraction of sp³-hybridized carbons (Fsp3) is 0.357. The van der Waals surface area contributed by atoms with E-state index < -0.39 is 0 Å². The number of carbonyl (C=O) groups excluding carboxylic acids is 1. The molecule has 1 aliphatic heterocycles. The van der Waals surface area contributed by atoms with Crippen molar-refractivity contribution in [3.63, 3.8) is 0 Å². The van der Waals surface area contributed by atoms with Crippen LogP contribution in [0.3, 0.4) is 0 Å². The van der Waals surface area contributed by atoms with Crippen LogP contribution < -0.4 is 5.32 Å². The normalized spacial score (nSPS) is 19.2. The fourth-order valence-corrected chi connectivity index (χ4v) is 3.17. The van der Waals surface area contributed by atoms with Gasteiger partial charge in [0.2, 0.25) is 0 Å². The molecule has 1 fully saturated rings. The lowest BCUT2D eigenvalue weighted by molar-refractivity contribution is 0.0861. The van der Waals surface area contributed by atoms with E-state index in [9.17, 15) is 4.79 Å². The van der Waals surface area contributed by atoms with Crippen LogP contribution in [0.25, 0.3) is 10.1 Å². The van der Waals surface area contributed by atoms with Crippen LogP contribution in [0.4, 0.5) is 0 Å². The Balaban J connectivity index is 1.67. The maximum absolute atomic E-state index is 12.0. The summed E-state index contributed by atoms with van der Waals surface area (Å²) in [5.41, 5.74) is 0. The first-order valence-electron chi connectivity index (χ1n) is 6.21. The lowest BCUT2D eigenvalue weighted by Crippen LogP contribution is -2.31. The number of hydrogen-bond acceptors (Lipinski definition) is 3. The average molecular weight is 261 g/mol. The quantitative estimate of drug-likeness (QED) is 0.922. The molecule has 4 heteroatoms. The molecule has 1 aromatic heterocycles. The van der Waals surface area contributed by atoms with Crippen molar-refractivity contribution in [2.75, 3.05) is 13.2 Å². The van der Waals surface area contributed by atoms with Crippen LogP contribution in [-0.4, -0.2) is 25.2 Å². The Labute approximate surface area is 110 Å². The molecule has 1 N–H and O–H groups in total. The molecule has 1 amide bonds. The Hall–Kier alpha value is -1.39. The number of ether oxygens (including phenoxy) is 1. The first-order valence-corrected chi connectivity index (χ1v) is 7.03. The first kappa shape index (κ1) is 11.7. The lowest BCUT2D eigenvalue weighted by atomic mass is 10.2. The largest absolute Gasteiger partial charge is 0.376 e. The van der Waals surface area contributed by atoms with Crippen LogP contribution in [0.2, 0.25) is 0 Å². The zero-order valence-electron chi connectivity index (χ0n) is 10.0. The van der Waals surface area contributed by atoms with E-state index in [1.165, 1.54) is 11.3 Å². The van der Waals surface area contributed by atoms with Crippen LogP contribution in [0.5, 0.6) is 0 Å². The molecule has 0 radical (unpaired) electrons. The van der Waals surface area contributed by atoms with Gasteiger partial charge in [-0.05, 0) is 30.4 Å². The minimum atomic E-state index is 0.00620. The highest BCUT2D eigenvalue weighted by Crippen LogP contribution is 2.25. The Morgan fingerprint density at radius 3 is 3.11 bits per heavy atom. The molecule has 0 saturated carbocycles. The van der Waals surface area contributed by atoms with Gasteiger partial charge in [0, 0.05) is 17.9 Å². The molecule has 0 bridgehead atoms. The van der Waals surface area contributed by atoms with E-state index >= 15 is 0 Å². The molecule has 0 aliphatic carbocycles. The van der Waals surface area contributed by atoms with E-state index in [-0.39, 0.29) is 12.0 Å². The molecule has 1 aliphatic rings. The monoisotopic (exact) mass is 261 g/mol. The van der Waals surface area contributed by atoms with E-state index in [0.29, 0.717) is 6.54 Å². The summed E-state index contributed by atoms with van der Waals surface area (Å²) in [5.74, 6) is 0.00620. The highest BCUT2D eigenvalue weighted by molar-refractivity contribution is 7.20. The van der Waals surface area contributed by atoms with E-state index in [1.54, 1.807) is 0 Å². The van der Waals surface area contributed by atoms with Gasteiger partial charge in [0.05, 0.1) is 11.0 Å². The smallest absolute Gasteiger partial charge is 0.261 e. The van der Waals surface area contributed by atoms with Gasteiger partial charge in [0.15, 0.2) is 0 Å². The van der Waals surface area contributed by atoms with Gasteiger partial charge in [0.25, 0.3) is 5.91 Å². The average Bonchev–Trinajstić information content (AvgIpc) is 3.04. The van der Waals surface area contributed by atoms with E-state index in [2.05, 4.69) is 5.32 Å². The van der Waals surface area contributed by atoms with Crippen molar-refractivity contribution in [3.8, 4) is 0 Å². The molecule has 94 valence electrons. The summed E-state index contributed by atoms with van der Waals surface area (Å²) in [6.45, 7) is 1.44. The van der Waals surface area contributed by atoms with Crippen molar-refractivity contribution >= 4 is 27.3 Å². The van der Waals surface area contributed by atoms with Crippen LogP contribution in [0.1, 0.15) is 22.5 Å². The SMILES string of the molecule is O=C(NC[C@@H]1CCCO1)c1cc2ccccc2s1. The van der Waals surface area contributed by atoms with Crippen LogP contribution in [0, 0.1) is 0 Å². The number of amides is 1. The van der Waals surface area contributed by atoms with E-state index in [1.807, 2.05) is 30.3 Å². The first-order chi connectivity index (χ1) is 8.83. The standard InChI is InChI=1S/C14H15NO2S/c16-14(15-9-11-5-3-7-17-11)13-8-10-4-1-2-6-12(10)18-13/h1-2,4,6,8,11H,3,5,7,9H2,(H,15,16)/t11-/m0/s1. The summed E-state index contributed by atoms with van der Waals surface area (Å²) in [7, 11) is 0. The summed E-state index contributed by atoms with van der Waals surface area (Å²) < 4.78 is 6.64. The molecule has 1 atom stereocenters. The summed E-state index contributed by atoms with van der Waals surface area (Å²) in [6, 6.07) is 10.0. The molecule has 18 heavy (non-hydrogen) atoms. The third kappa shape index (κ3) is 2.40. The Kier molecular flexibility index (Phi) is 3.30. The third-order valence-electron chi connectivity index (χ3n) is 3.16. The number of carbonyl (C=O) groups is 1. The van der Waals surface area contributed by atoms with Crippen LogP contribution in [0.15, 0.2) is 30.3 Å². The van der Waals surface area contributed by atoms with Gasteiger partial charge in [-0.15, -0.1) is 11.3 Å².